The van der Waals surface area contributed by atoms with E-state index in [0.29, 0.717) is 13.1 Å². The van der Waals surface area contributed by atoms with Gasteiger partial charge in [-0.2, -0.15) is 0 Å². The Hall–Kier alpha value is -0.770. The van der Waals surface area contributed by atoms with Crippen molar-refractivity contribution >= 4 is 5.91 Å². The van der Waals surface area contributed by atoms with Gasteiger partial charge in [0.25, 0.3) is 5.91 Å². The third-order valence-corrected chi connectivity index (χ3v) is 3.15. The van der Waals surface area contributed by atoms with E-state index in [-0.39, 0.29) is 0 Å². The Morgan fingerprint density at radius 3 is 2.10 bits per heavy atom. The van der Waals surface area contributed by atoms with Gasteiger partial charge >= 0.3 is 0 Å². The van der Waals surface area contributed by atoms with Gasteiger partial charge in [0, 0.05) is 13.1 Å². The molecule has 0 aromatic carbocycles. The van der Waals surface area contributed by atoms with E-state index in [0.717, 1.165) is 13.1 Å². The first kappa shape index (κ1) is 19.2. The quantitative estimate of drug-likeness (QED) is 0.251. The van der Waals surface area contributed by atoms with Crippen molar-refractivity contribution in [1.29, 1.82) is 0 Å². The van der Waals surface area contributed by atoms with Gasteiger partial charge < -0.3 is 35.7 Å². The summed E-state index contributed by atoms with van der Waals surface area (Å²) < 4.78 is 0. The van der Waals surface area contributed by atoms with Gasteiger partial charge in [-0.1, -0.05) is 13.8 Å². The van der Waals surface area contributed by atoms with Crippen molar-refractivity contribution in [3.05, 3.63) is 0 Å². The molecule has 8 nitrogen and oxygen atoms in total. The zero-order valence-electron chi connectivity index (χ0n) is 11.9. The van der Waals surface area contributed by atoms with E-state index in [1.165, 1.54) is 0 Å². The fraction of sp³-hybridized carbons (Fsp3) is 0.917. The molecule has 0 bridgehead atoms. The largest absolute Gasteiger partial charge is 0.394 e. The molecular weight excluding hydrogens is 268 g/mol. The summed E-state index contributed by atoms with van der Waals surface area (Å²) in [7, 11) is 0. The summed E-state index contributed by atoms with van der Waals surface area (Å²) in [6, 6.07) is 0. The second-order valence-electron chi connectivity index (χ2n) is 4.49. The summed E-state index contributed by atoms with van der Waals surface area (Å²) >= 11 is 0. The number of hydrogen-bond acceptors (Lipinski definition) is 7. The number of nitrogens with one attached hydrogen (secondary N) is 1. The summed E-state index contributed by atoms with van der Waals surface area (Å²) in [5, 5.41) is 48.6. The van der Waals surface area contributed by atoms with Crippen molar-refractivity contribution < 1.29 is 30.3 Å². The molecule has 0 saturated heterocycles. The fourth-order valence-electron chi connectivity index (χ4n) is 1.66. The first-order valence-electron chi connectivity index (χ1n) is 6.72. The number of nitrogens with zero attached hydrogens (tertiary/aromatic N) is 1. The lowest BCUT2D eigenvalue weighted by atomic mass is 10.0. The molecule has 0 aliphatic rings. The molecule has 0 radical (unpaired) electrons. The zero-order chi connectivity index (χ0) is 15.7. The molecular formula is C12H26N2O6. The van der Waals surface area contributed by atoms with E-state index in [9.17, 15) is 20.1 Å². The summed E-state index contributed by atoms with van der Waals surface area (Å²) in [4.78, 5) is 13.6. The van der Waals surface area contributed by atoms with E-state index < -0.39 is 36.9 Å². The van der Waals surface area contributed by atoms with Gasteiger partial charge in [-0.3, -0.25) is 4.79 Å². The van der Waals surface area contributed by atoms with Crippen LogP contribution < -0.4 is 5.32 Å². The molecule has 4 atom stereocenters. The van der Waals surface area contributed by atoms with Crippen molar-refractivity contribution in [2.45, 2.75) is 38.3 Å². The normalized spacial score (nSPS) is 17.6. The lowest BCUT2D eigenvalue weighted by molar-refractivity contribution is -0.148. The Bertz CT molecular complexity index is 275. The average molecular weight is 294 g/mol. The van der Waals surface area contributed by atoms with Gasteiger partial charge in [-0.15, -0.1) is 0 Å². The lowest BCUT2D eigenvalue weighted by Crippen LogP contribution is -2.52. The number of aliphatic hydroxyl groups excluding tert-OH is 5. The van der Waals surface area contributed by atoms with Crippen LogP contribution in [0, 0.1) is 0 Å². The van der Waals surface area contributed by atoms with E-state index in [4.69, 9.17) is 10.2 Å². The van der Waals surface area contributed by atoms with Crippen LogP contribution in [0.2, 0.25) is 0 Å². The molecule has 0 rings (SSSR count). The standard InChI is InChI=1S/C12H26N2O6/c1-3-14(4-2)6-5-13-12(20)11(19)10(18)9(17)8(16)7-15/h8-11,15-19H,3-7H2,1-2H3,(H,13,20)/t8-,9-,10+,11-/m1/s1. The Labute approximate surface area is 118 Å². The maximum atomic E-state index is 11.6. The van der Waals surface area contributed by atoms with Gasteiger partial charge in [-0.25, -0.2) is 0 Å². The third-order valence-electron chi connectivity index (χ3n) is 3.15. The topological polar surface area (TPSA) is 133 Å². The zero-order valence-corrected chi connectivity index (χ0v) is 11.9. The highest BCUT2D eigenvalue weighted by atomic mass is 16.4. The van der Waals surface area contributed by atoms with E-state index >= 15 is 0 Å². The van der Waals surface area contributed by atoms with E-state index in [1.807, 2.05) is 13.8 Å². The number of likely N-dealkylation sites (N-methyl/N-ethyl adjacent to an activating group) is 1. The molecule has 0 heterocycles. The molecule has 6 N–H and O–H groups in total. The molecule has 0 aliphatic carbocycles. The smallest absolute Gasteiger partial charge is 0.251 e. The predicted molar refractivity (Wildman–Crippen MR) is 71.9 cm³/mol. The SMILES string of the molecule is CCN(CC)CCNC(=O)[C@H](O)[C@@H](O)[C@H](O)[C@H](O)CO. The highest BCUT2D eigenvalue weighted by Crippen LogP contribution is 2.05. The second-order valence-corrected chi connectivity index (χ2v) is 4.49. The molecule has 0 saturated carbocycles. The molecule has 0 aliphatic heterocycles. The highest BCUT2D eigenvalue weighted by molar-refractivity contribution is 5.81. The molecule has 0 unspecified atom stereocenters. The van der Waals surface area contributed by atoms with Crippen molar-refractivity contribution in [3.63, 3.8) is 0 Å². The Morgan fingerprint density at radius 1 is 1.10 bits per heavy atom. The van der Waals surface area contributed by atoms with Crippen molar-refractivity contribution in [2.24, 2.45) is 0 Å². The first-order chi connectivity index (χ1) is 9.38. The van der Waals surface area contributed by atoms with Crippen LogP contribution in [0.4, 0.5) is 0 Å². The Kier molecular flexibility index (Phi) is 9.64. The van der Waals surface area contributed by atoms with Gasteiger partial charge in [0.2, 0.25) is 0 Å². The van der Waals surface area contributed by atoms with E-state index in [2.05, 4.69) is 10.2 Å². The number of carbonyl (C=O) groups excluding carboxylic acids is 1. The van der Waals surface area contributed by atoms with Gasteiger partial charge in [0.05, 0.1) is 6.61 Å². The van der Waals surface area contributed by atoms with E-state index in [1.54, 1.807) is 0 Å². The van der Waals surface area contributed by atoms with Crippen molar-refractivity contribution in [2.75, 3.05) is 32.8 Å². The van der Waals surface area contributed by atoms with Crippen LogP contribution in [-0.4, -0.2) is 93.5 Å². The highest BCUT2D eigenvalue weighted by Gasteiger charge is 2.33. The maximum Gasteiger partial charge on any atom is 0.251 e. The van der Waals surface area contributed by atoms with Crippen molar-refractivity contribution in [1.82, 2.24) is 10.2 Å². The molecule has 0 spiro atoms. The van der Waals surface area contributed by atoms with Gasteiger partial charge in [0.15, 0.2) is 6.10 Å². The Morgan fingerprint density at radius 2 is 1.65 bits per heavy atom. The molecule has 1 amide bonds. The van der Waals surface area contributed by atoms with Gasteiger partial charge in [-0.05, 0) is 13.1 Å². The monoisotopic (exact) mass is 294 g/mol. The van der Waals surface area contributed by atoms with Crippen LogP contribution in [0.5, 0.6) is 0 Å². The van der Waals surface area contributed by atoms with Crippen LogP contribution in [0.15, 0.2) is 0 Å². The molecule has 0 aromatic heterocycles. The van der Waals surface area contributed by atoms with Crippen LogP contribution in [0.25, 0.3) is 0 Å². The van der Waals surface area contributed by atoms with Crippen LogP contribution in [0.1, 0.15) is 13.8 Å². The summed E-state index contributed by atoms with van der Waals surface area (Å²) in [6.07, 6.45) is -7.17. The van der Waals surface area contributed by atoms with Crippen LogP contribution >= 0.6 is 0 Å². The molecule has 0 fully saturated rings. The number of aliphatic hydroxyl groups is 5. The number of amides is 1. The number of rotatable bonds is 10. The lowest BCUT2D eigenvalue weighted by Gasteiger charge is -2.25. The van der Waals surface area contributed by atoms with Crippen LogP contribution in [0.3, 0.4) is 0 Å². The molecule has 0 aromatic rings. The second kappa shape index (κ2) is 10.0. The number of carbonyl (C=O) groups is 1. The summed E-state index contributed by atoms with van der Waals surface area (Å²) in [5.74, 6) is -0.839. The predicted octanol–water partition coefficient (Wildman–Crippen LogP) is -3.12. The van der Waals surface area contributed by atoms with Crippen molar-refractivity contribution in [3.8, 4) is 0 Å². The first-order valence-corrected chi connectivity index (χ1v) is 6.72. The molecule has 120 valence electrons. The fourth-order valence-corrected chi connectivity index (χ4v) is 1.66. The third kappa shape index (κ3) is 6.12. The molecule has 8 heteroatoms. The number of hydrogen-bond donors (Lipinski definition) is 6. The van der Waals surface area contributed by atoms with Gasteiger partial charge in [0.1, 0.15) is 18.3 Å². The summed E-state index contributed by atoms with van der Waals surface area (Å²) in [5.41, 5.74) is 0. The maximum absolute atomic E-state index is 11.6. The minimum Gasteiger partial charge on any atom is -0.394 e. The minimum absolute atomic E-state index is 0.295. The summed E-state index contributed by atoms with van der Waals surface area (Å²) in [6.45, 7) is 5.74. The Balaban J connectivity index is 4.20. The average Bonchev–Trinajstić information content (AvgIpc) is 2.48. The van der Waals surface area contributed by atoms with Crippen LogP contribution in [-0.2, 0) is 4.79 Å². The molecule has 20 heavy (non-hydrogen) atoms. The minimum atomic E-state index is -1.87.